The monoisotopic (exact) mass is 309 g/mol. The molecule has 0 aliphatic rings. The molecule has 0 saturated heterocycles. The zero-order valence-corrected chi connectivity index (χ0v) is 13.5. The van der Waals surface area contributed by atoms with Gasteiger partial charge >= 0.3 is 0 Å². The molecule has 5 nitrogen and oxygen atoms in total. The average Bonchev–Trinajstić information content (AvgIpc) is 2.91. The minimum Gasteiger partial charge on any atom is -0.497 e. The zero-order valence-electron chi connectivity index (χ0n) is 12.6. The molecule has 0 aliphatic heterocycles. The van der Waals surface area contributed by atoms with Gasteiger partial charge in [0.25, 0.3) is 0 Å². The summed E-state index contributed by atoms with van der Waals surface area (Å²) >= 11 is 1.73. The van der Waals surface area contributed by atoms with Crippen molar-refractivity contribution in [2.45, 2.75) is 18.5 Å². The molecule has 0 radical (unpaired) electrons. The van der Waals surface area contributed by atoms with Crippen LogP contribution in [0.3, 0.4) is 0 Å². The van der Waals surface area contributed by atoms with E-state index in [2.05, 4.69) is 15.3 Å². The van der Waals surface area contributed by atoms with E-state index < -0.39 is 0 Å². The number of hydrogen-bond donors (Lipinski definition) is 2. The van der Waals surface area contributed by atoms with E-state index in [-0.39, 0.29) is 0 Å². The minimum atomic E-state index is 0.798. The Bertz CT molecular complexity index is 545. The molecule has 0 saturated carbocycles. The van der Waals surface area contributed by atoms with Gasteiger partial charge in [0.15, 0.2) is 5.16 Å². The molecule has 1 aromatic carbocycles. The molecule has 2 rings (SSSR count). The van der Waals surface area contributed by atoms with E-state index in [0.29, 0.717) is 0 Å². The Morgan fingerprint density at radius 3 is 3.05 bits per heavy atom. The van der Waals surface area contributed by atoms with Gasteiger partial charge in [-0.3, -0.25) is 0 Å². The number of thioether (sulfide) groups is 1. The standard InChI is InChI=1S/C15H23N3O2S/c1-3-20-9-4-7-16-8-10-21-15-17-13-6-5-12(19-2)11-14(13)18-15/h5-6,11,16H,3-4,7-10H2,1-2H3,(H,17,18). The van der Waals surface area contributed by atoms with Crippen molar-refractivity contribution in [2.75, 3.05) is 39.2 Å². The first-order valence-electron chi connectivity index (χ1n) is 7.28. The fourth-order valence-electron chi connectivity index (χ4n) is 1.95. The van der Waals surface area contributed by atoms with Crippen LogP contribution in [0.1, 0.15) is 13.3 Å². The molecule has 21 heavy (non-hydrogen) atoms. The Morgan fingerprint density at radius 1 is 1.33 bits per heavy atom. The number of ether oxygens (including phenoxy) is 2. The van der Waals surface area contributed by atoms with Gasteiger partial charge in [-0.2, -0.15) is 0 Å². The Kier molecular flexibility index (Phi) is 6.85. The van der Waals surface area contributed by atoms with Crippen LogP contribution in [0.25, 0.3) is 11.0 Å². The van der Waals surface area contributed by atoms with Gasteiger partial charge in [-0.1, -0.05) is 11.8 Å². The van der Waals surface area contributed by atoms with E-state index in [0.717, 1.165) is 60.4 Å². The zero-order chi connectivity index (χ0) is 14.9. The number of fused-ring (bicyclic) bond motifs is 1. The maximum Gasteiger partial charge on any atom is 0.166 e. The lowest BCUT2D eigenvalue weighted by Gasteiger charge is -2.03. The summed E-state index contributed by atoms with van der Waals surface area (Å²) in [6.45, 7) is 5.62. The lowest BCUT2D eigenvalue weighted by molar-refractivity contribution is 0.145. The van der Waals surface area contributed by atoms with Gasteiger partial charge in [-0.25, -0.2) is 4.98 Å². The van der Waals surface area contributed by atoms with Crippen molar-refractivity contribution in [2.24, 2.45) is 0 Å². The van der Waals surface area contributed by atoms with Crippen LogP contribution in [0.4, 0.5) is 0 Å². The summed E-state index contributed by atoms with van der Waals surface area (Å²) in [6.07, 6.45) is 1.06. The third-order valence-electron chi connectivity index (χ3n) is 3.03. The Balaban J connectivity index is 1.69. The van der Waals surface area contributed by atoms with Crippen LogP contribution in [-0.4, -0.2) is 49.1 Å². The van der Waals surface area contributed by atoms with Crippen molar-refractivity contribution in [3.63, 3.8) is 0 Å². The fourth-order valence-corrected chi connectivity index (χ4v) is 2.73. The van der Waals surface area contributed by atoms with Crippen molar-refractivity contribution in [3.8, 4) is 5.75 Å². The molecular weight excluding hydrogens is 286 g/mol. The van der Waals surface area contributed by atoms with E-state index in [9.17, 15) is 0 Å². The summed E-state index contributed by atoms with van der Waals surface area (Å²) in [4.78, 5) is 7.86. The second-order valence-electron chi connectivity index (χ2n) is 4.57. The molecule has 0 unspecified atom stereocenters. The molecule has 6 heteroatoms. The first-order valence-corrected chi connectivity index (χ1v) is 8.27. The average molecular weight is 309 g/mol. The lowest BCUT2D eigenvalue weighted by Crippen LogP contribution is -2.19. The Hall–Kier alpha value is -1.24. The number of nitrogens with zero attached hydrogens (tertiary/aromatic N) is 1. The molecule has 1 heterocycles. The number of rotatable bonds is 10. The van der Waals surface area contributed by atoms with Crippen LogP contribution in [0.5, 0.6) is 5.75 Å². The number of H-pyrrole nitrogens is 1. The number of hydrogen-bond acceptors (Lipinski definition) is 5. The van der Waals surface area contributed by atoms with Gasteiger partial charge in [0.1, 0.15) is 5.75 Å². The highest BCUT2D eigenvalue weighted by Gasteiger charge is 2.04. The lowest BCUT2D eigenvalue weighted by atomic mass is 10.3. The van der Waals surface area contributed by atoms with Crippen LogP contribution in [0.15, 0.2) is 23.4 Å². The molecule has 0 aliphatic carbocycles. The van der Waals surface area contributed by atoms with Crippen LogP contribution < -0.4 is 10.1 Å². The third kappa shape index (κ3) is 5.22. The van der Waals surface area contributed by atoms with Gasteiger partial charge in [0.05, 0.1) is 18.1 Å². The van der Waals surface area contributed by atoms with Gasteiger partial charge in [0.2, 0.25) is 0 Å². The Morgan fingerprint density at radius 2 is 2.24 bits per heavy atom. The molecule has 2 N–H and O–H groups in total. The van der Waals surface area contributed by atoms with Crippen LogP contribution >= 0.6 is 11.8 Å². The second-order valence-corrected chi connectivity index (χ2v) is 5.66. The van der Waals surface area contributed by atoms with E-state index in [1.807, 2.05) is 25.1 Å². The van der Waals surface area contributed by atoms with Crippen LogP contribution in [0, 0.1) is 0 Å². The summed E-state index contributed by atoms with van der Waals surface area (Å²) in [6, 6.07) is 5.87. The number of nitrogens with one attached hydrogen (secondary N) is 2. The van der Waals surface area contributed by atoms with Crippen LogP contribution in [-0.2, 0) is 4.74 Å². The van der Waals surface area contributed by atoms with Crippen molar-refractivity contribution < 1.29 is 9.47 Å². The largest absolute Gasteiger partial charge is 0.497 e. The van der Waals surface area contributed by atoms with Crippen molar-refractivity contribution in [1.29, 1.82) is 0 Å². The molecule has 0 amide bonds. The van der Waals surface area contributed by atoms with Crippen molar-refractivity contribution in [1.82, 2.24) is 15.3 Å². The molecule has 0 spiro atoms. The number of aromatic nitrogens is 2. The van der Waals surface area contributed by atoms with E-state index in [1.165, 1.54) is 0 Å². The number of imidazole rings is 1. The predicted octanol–water partition coefficient (Wildman–Crippen LogP) is 2.68. The summed E-state index contributed by atoms with van der Waals surface area (Å²) in [5, 5.41) is 4.36. The predicted molar refractivity (Wildman–Crippen MR) is 87.3 cm³/mol. The summed E-state index contributed by atoms with van der Waals surface area (Å²) in [5.74, 6) is 1.84. The summed E-state index contributed by atoms with van der Waals surface area (Å²) in [7, 11) is 1.67. The highest BCUT2D eigenvalue weighted by atomic mass is 32.2. The third-order valence-corrected chi connectivity index (χ3v) is 3.91. The second kappa shape index (κ2) is 8.92. The van der Waals surface area contributed by atoms with Crippen LogP contribution in [0.2, 0.25) is 0 Å². The van der Waals surface area contributed by atoms with Crippen molar-refractivity contribution >= 4 is 22.8 Å². The molecule has 1 aromatic heterocycles. The molecule has 0 fully saturated rings. The molecule has 2 aromatic rings. The summed E-state index contributed by atoms with van der Waals surface area (Å²) < 4.78 is 10.5. The minimum absolute atomic E-state index is 0.798. The maximum atomic E-state index is 5.29. The fraction of sp³-hybridized carbons (Fsp3) is 0.533. The maximum absolute atomic E-state index is 5.29. The van der Waals surface area contributed by atoms with E-state index in [4.69, 9.17) is 9.47 Å². The molecule has 116 valence electrons. The molecule has 0 bridgehead atoms. The Labute approximate surface area is 129 Å². The number of benzene rings is 1. The summed E-state index contributed by atoms with van der Waals surface area (Å²) in [5.41, 5.74) is 1.99. The smallest absolute Gasteiger partial charge is 0.166 e. The van der Waals surface area contributed by atoms with Gasteiger partial charge in [-0.15, -0.1) is 0 Å². The highest BCUT2D eigenvalue weighted by molar-refractivity contribution is 7.99. The number of aromatic amines is 1. The van der Waals surface area contributed by atoms with Gasteiger partial charge in [0, 0.05) is 31.6 Å². The van der Waals surface area contributed by atoms with E-state index in [1.54, 1.807) is 18.9 Å². The molecule has 0 atom stereocenters. The number of methoxy groups -OCH3 is 1. The normalized spacial score (nSPS) is 11.1. The SMILES string of the molecule is CCOCCCNCCSc1nc2ccc(OC)cc2[nH]1. The molecular formula is C15H23N3O2S. The van der Waals surface area contributed by atoms with Crippen molar-refractivity contribution in [3.05, 3.63) is 18.2 Å². The van der Waals surface area contributed by atoms with Gasteiger partial charge < -0.3 is 19.8 Å². The van der Waals surface area contributed by atoms with Gasteiger partial charge in [-0.05, 0) is 32.0 Å². The first kappa shape index (κ1) is 16.1. The first-order chi connectivity index (χ1) is 10.3. The quantitative estimate of drug-likeness (QED) is 0.522. The van der Waals surface area contributed by atoms with E-state index >= 15 is 0 Å². The highest BCUT2D eigenvalue weighted by Crippen LogP contribution is 2.22. The topological polar surface area (TPSA) is 59.2 Å².